The fourth-order valence-electron chi connectivity index (χ4n) is 4.22. The standard InChI is InChI=1S/C16H25N5OS/c1-20-11-16(2-4-17-5-3-16)8-13(20)14(22)18-9-12-10-21-6-7-23-15(21)19-12/h10,13,17H,2-9,11H2,1H3,(H,18,22). The molecule has 1 amide bonds. The van der Waals surface area contributed by atoms with Crippen molar-refractivity contribution in [2.45, 2.75) is 43.6 Å². The van der Waals surface area contributed by atoms with Crippen LogP contribution in [0.25, 0.3) is 0 Å². The fourth-order valence-corrected chi connectivity index (χ4v) is 5.19. The predicted octanol–water partition coefficient (Wildman–Crippen LogP) is 0.679. The number of fused-ring (bicyclic) bond motifs is 1. The molecular formula is C16H25N5OS. The number of aromatic nitrogens is 2. The summed E-state index contributed by atoms with van der Waals surface area (Å²) >= 11 is 1.79. The second-order valence-electron chi connectivity index (χ2n) is 7.16. The first-order valence-corrected chi connectivity index (χ1v) is 9.51. The predicted molar refractivity (Wildman–Crippen MR) is 90.4 cm³/mol. The molecule has 0 radical (unpaired) electrons. The average molecular weight is 335 g/mol. The summed E-state index contributed by atoms with van der Waals surface area (Å²) in [6, 6.07) is 0.0111. The molecule has 2 N–H and O–H groups in total. The fraction of sp³-hybridized carbons (Fsp3) is 0.750. The highest BCUT2D eigenvalue weighted by atomic mass is 32.2. The molecule has 1 spiro atoms. The first-order chi connectivity index (χ1) is 11.2. The summed E-state index contributed by atoms with van der Waals surface area (Å²) in [5, 5.41) is 7.61. The molecule has 1 aromatic rings. The number of imidazole rings is 1. The van der Waals surface area contributed by atoms with Crippen LogP contribution in [-0.4, -0.2) is 58.8 Å². The Hall–Kier alpha value is -1.05. The van der Waals surface area contributed by atoms with Crippen molar-refractivity contribution in [3.8, 4) is 0 Å². The highest BCUT2D eigenvalue weighted by molar-refractivity contribution is 7.99. The quantitative estimate of drug-likeness (QED) is 0.851. The van der Waals surface area contributed by atoms with Gasteiger partial charge >= 0.3 is 0 Å². The molecule has 4 rings (SSSR count). The number of carbonyl (C=O) groups excluding carboxylic acids is 1. The summed E-state index contributed by atoms with van der Waals surface area (Å²) in [5.74, 6) is 1.27. The largest absolute Gasteiger partial charge is 0.349 e. The Morgan fingerprint density at radius 1 is 1.52 bits per heavy atom. The third-order valence-corrected chi connectivity index (χ3v) is 6.48. The van der Waals surface area contributed by atoms with Gasteiger partial charge in [0.05, 0.1) is 18.3 Å². The van der Waals surface area contributed by atoms with E-state index in [4.69, 9.17) is 0 Å². The van der Waals surface area contributed by atoms with Crippen LogP contribution < -0.4 is 10.6 Å². The summed E-state index contributed by atoms with van der Waals surface area (Å²) in [7, 11) is 2.09. The zero-order valence-electron chi connectivity index (χ0n) is 13.7. The monoisotopic (exact) mass is 335 g/mol. The molecule has 4 heterocycles. The lowest BCUT2D eigenvalue weighted by Crippen LogP contribution is -2.41. The lowest BCUT2D eigenvalue weighted by atomic mass is 9.77. The SMILES string of the molecule is CN1CC2(CCNCC2)CC1C(=O)NCc1cn2c(n1)SCC2. The number of thioether (sulfide) groups is 1. The minimum atomic E-state index is 0.0111. The summed E-state index contributed by atoms with van der Waals surface area (Å²) in [6.07, 6.45) is 5.44. The van der Waals surface area contributed by atoms with Gasteiger partial charge in [-0.25, -0.2) is 4.98 Å². The number of carbonyl (C=O) groups is 1. The number of aryl methyl sites for hydroxylation is 1. The van der Waals surface area contributed by atoms with Gasteiger partial charge in [-0.15, -0.1) is 0 Å². The van der Waals surface area contributed by atoms with Crippen molar-refractivity contribution >= 4 is 17.7 Å². The van der Waals surface area contributed by atoms with Crippen molar-refractivity contribution in [1.82, 2.24) is 25.1 Å². The normalized spacial score (nSPS) is 26.6. The van der Waals surface area contributed by atoms with Crippen LogP contribution in [-0.2, 0) is 17.9 Å². The van der Waals surface area contributed by atoms with Crippen molar-refractivity contribution in [1.29, 1.82) is 0 Å². The zero-order valence-corrected chi connectivity index (χ0v) is 14.5. The van der Waals surface area contributed by atoms with Gasteiger partial charge in [0.2, 0.25) is 5.91 Å². The van der Waals surface area contributed by atoms with Crippen LogP contribution in [0.2, 0.25) is 0 Å². The molecule has 126 valence electrons. The number of likely N-dealkylation sites (N-methyl/N-ethyl adjacent to an activating group) is 1. The van der Waals surface area contributed by atoms with Crippen LogP contribution in [0.3, 0.4) is 0 Å². The van der Waals surface area contributed by atoms with Gasteiger partial charge in [-0.1, -0.05) is 11.8 Å². The van der Waals surface area contributed by atoms with Gasteiger partial charge in [-0.05, 0) is 44.8 Å². The van der Waals surface area contributed by atoms with Gasteiger partial charge in [0.15, 0.2) is 5.16 Å². The minimum Gasteiger partial charge on any atom is -0.349 e. The van der Waals surface area contributed by atoms with Crippen molar-refractivity contribution in [2.24, 2.45) is 5.41 Å². The number of nitrogens with one attached hydrogen (secondary N) is 2. The van der Waals surface area contributed by atoms with Crippen LogP contribution >= 0.6 is 11.8 Å². The molecule has 0 bridgehead atoms. The number of hydrogen-bond donors (Lipinski definition) is 2. The number of hydrogen-bond acceptors (Lipinski definition) is 5. The van der Waals surface area contributed by atoms with E-state index in [0.717, 1.165) is 49.2 Å². The van der Waals surface area contributed by atoms with Gasteiger partial charge in [0.25, 0.3) is 0 Å². The van der Waals surface area contributed by atoms with Gasteiger partial charge in [-0.3, -0.25) is 9.69 Å². The Balaban J connectivity index is 1.35. The maximum atomic E-state index is 12.6. The maximum absolute atomic E-state index is 12.6. The molecule has 0 aromatic carbocycles. The highest BCUT2D eigenvalue weighted by Gasteiger charge is 2.45. The Kier molecular flexibility index (Phi) is 4.11. The third kappa shape index (κ3) is 3.02. The van der Waals surface area contributed by atoms with Crippen LogP contribution in [0.1, 0.15) is 25.0 Å². The van der Waals surface area contributed by atoms with Crippen molar-refractivity contribution < 1.29 is 4.79 Å². The summed E-state index contributed by atoms with van der Waals surface area (Å²) in [5.41, 5.74) is 1.31. The van der Waals surface area contributed by atoms with Crippen molar-refractivity contribution in [2.75, 3.05) is 32.4 Å². The number of piperidine rings is 1. The lowest BCUT2D eigenvalue weighted by molar-refractivity contribution is -0.125. The number of rotatable bonds is 3. The van der Waals surface area contributed by atoms with E-state index in [1.54, 1.807) is 11.8 Å². The average Bonchev–Trinajstić information content (AvgIpc) is 3.19. The molecule has 23 heavy (non-hydrogen) atoms. The molecule has 2 saturated heterocycles. The molecule has 0 aliphatic carbocycles. The molecule has 1 aromatic heterocycles. The van der Waals surface area contributed by atoms with E-state index in [2.05, 4.69) is 38.3 Å². The van der Waals surface area contributed by atoms with Gasteiger partial charge in [0.1, 0.15) is 0 Å². The van der Waals surface area contributed by atoms with Crippen molar-refractivity contribution in [3.05, 3.63) is 11.9 Å². The van der Waals surface area contributed by atoms with E-state index >= 15 is 0 Å². The van der Waals surface area contributed by atoms with Crippen LogP contribution in [0, 0.1) is 5.41 Å². The maximum Gasteiger partial charge on any atom is 0.237 e. The van der Waals surface area contributed by atoms with Crippen LogP contribution in [0.15, 0.2) is 11.4 Å². The van der Waals surface area contributed by atoms with Crippen LogP contribution in [0.4, 0.5) is 0 Å². The third-order valence-electron chi connectivity index (χ3n) is 5.51. The minimum absolute atomic E-state index is 0.0111. The molecule has 3 aliphatic heterocycles. The van der Waals surface area contributed by atoms with E-state index < -0.39 is 0 Å². The first-order valence-electron chi connectivity index (χ1n) is 8.53. The Bertz CT molecular complexity index is 574. The van der Waals surface area contributed by atoms with Gasteiger partial charge < -0.3 is 15.2 Å². The Labute approximate surface area is 141 Å². The van der Waals surface area contributed by atoms with E-state index in [9.17, 15) is 4.79 Å². The molecule has 1 atom stereocenters. The smallest absolute Gasteiger partial charge is 0.237 e. The molecule has 6 nitrogen and oxygen atoms in total. The molecule has 0 saturated carbocycles. The number of amides is 1. The number of nitrogens with zero attached hydrogens (tertiary/aromatic N) is 3. The summed E-state index contributed by atoms with van der Waals surface area (Å²) in [6.45, 7) is 4.78. The molecule has 3 aliphatic rings. The number of likely N-dealkylation sites (tertiary alicyclic amines) is 1. The van der Waals surface area contributed by atoms with E-state index in [1.807, 2.05) is 0 Å². The second-order valence-corrected chi connectivity index (χ2v) is 8.22. The molecule has 1 unspecified atom stereocenters. The van der Waals surface area contributed by atoms with E-state index in [1.165, 1.54) is 12.8 Å². The van der Waals surface area contributed by atoms with Gasteiger partial charge in [-0.2, -0.15) is 0 Å². The zero-order chi connectivity index (χ0) is 15.9. The van der Waals surface area contributed by atoms with Crippen LogP contribution in [0.5, 0.6) is 0 Å². The second kappa shape index (κ2) is 6.11. The summed E-state index contributed by atoms with van der Waals surface area (Å²) in [4.78, 5) is 19.4. The van der Waals surface area contributed by atoms with E-state index in [0.29, 0.717) is 12.0 Å². The Morgan fingerprint density at radius 2 is 2.35 bits per heavy atom. The molecular weight excluding hydrogens is 310 g/mol. The van der Waals surface area contributed by atoms with Crippen molar-refractivity contribution in [3.63, 3.8) is 0 Å². The molecule has 2 fully saturated rings. The highest BCUT2D eigenvalue weighted by Crippen LogP contribution is 2.41. The first kappa shape index (κ1) is 15.5. The topological polar surface area (TPSA) is 62.2 Å². The van der Waals surface area contributed by atoms with Gasteiger partial charge in [0, 0.05) is 25.0 Å². The lowest BCUT2D eigenvalue weighted by Gasteiger charge is -2.33. The Morgan fingerprint density at radius 3 is 3.13 bits per heavy atom. The summed E-state index contributed by atoms with van der Waals surface area (Å²) < 4.78 is 2.18. The van der Waals surface area contributed by atoms with E-state index in [-0.39, 0.29) is 11.9 Å². The molecule has 7 heteroatoms.